The van der Waals surface area contributed by atoms with Gasteiger partial charge in [0.25, 0.3) is 5.91 Å². The van der Waals surface area contributed by atoms with E-state index < -0.39 is 26.6 Å². The summed E-state index contributed by atoms with van der Waals surface area (Å²) in [7, 11) is -3.96. The molecule has 6 nitrogen and oxygen atoms in total. The van der Waals surface area contributed by atoms with Gasteiger partial charge in [0.2, 0.25) is 10.0 Å². The molecule has 1 fully saturated rings. The Hall–Kier alpha value is -2.45. The Morgan fingerprint density at radius 3 is 2.68 bits per heavy atom. The summed E-state index contributed by atoms with van der Waals surface area (Å²) in [5, 5.41) is 12.8. The number of fused-ring (bicyclic) bond motifs is 1. The summed E-state index contributed by atoms with van der Waals surface area (Å²) in [6, 6.07) is 8.31. The van der Waals surface area contributed by atoms with Gasteiger partial charge in [-0.1, -0.05) is 12.1 Å². The second-order valence-corrected chi connectivity index (χ2v) is 9.07. The van der Waals surface area contributed by atoms with E-state index in [2.05, 4.69) is 5.32 Å². The van der Waals surface area contributed by atoms with E-state index in [4.69, 9.17) is 0 Å². The monoisotopic (exact) mass is 404 g/mol. The van der Waals surface area contributed by atoms with Crippen molar-refractivity contribution in [3.8, 4) is 5.75 Å². The van der Waals surface area contributed by atoms with E-state index in [-0.39, 0.29) is 17.4 Å². The van der Waals surface area contributed by atoms with Crippen molar-refractivity contribution < 1.29 is 22.7 Å². The average Bonchev–Trinajstić information content (AvgIpc) is 3.33. The molecule has 1 unspecified atom stereocenters. The highest BCUT2D eigenvalue weighted by Gasteiger charge is 2.31. The van der Waals surface area contributed by atoms with Crippen molar-refractivity contribution in [2.75, 3.05) is 13.1 Å². The normalized spacial score (nSPS) is 19.5. The van der Waals surface area contributed by atoms with E-state index in [1.807, 2.05) is 6.07 Å². The number of carbonyl (C=O) groups is 1. The number of amides is 1. The molecular formula is C20H21FN2O4S. The van der Waals surface area contributed by atoms with E-state index in [0.717, 1.165) is 36.1 Å². The molecule has 1 atom stereocenters. The first-order chi connectivity index (χ1) is 13.4. The summed E-state index contributed by atoms with van der Waals surface area (Å²) in [6.07, 6.45) is 2.77. The van der Waals surface area contributed by atoms with Gasteiger partial charge in [-0.3, -0.25) is 4.79 Å². The van der Waals surface area contributed by atoms with Crippen molar-refractivity contribution >= 4 is 15.9 Å². The smallest absolute Gasteiger partial charge is 0.251 e. The summed E-state index contributed by atoms with van der Waals surface area (Å²) in [6.45, 7) is 0.723. The van der Waals surface area contributed by atoms with E-state index in [9.17, 15) is 22.7 Å². The number of benzene rings is 2. The molecule has 2 N–H and O–H groups in total. The van der Waals surface area contributed by atoms with Gasteiger partial charge in [0.15, 0.2) is 0 Å². The average molecular weight is 404 g/mol. The zero-order valence-electron chi connectivity index (χ0n) is 15.2. The molecule has 1 heterocycles. The number of halogens is 1. The number of nitrogens with one attached hydrogen (secondary N) is 1. The van der Waals surface area contributed by atoms with Gasteiger partial charge in [-0.2, -0.15) is 4.31 Å². The number of phenols is 1. The Morgan fingerprint density at radius 1 is 1.18 bits per heavy atom. The Morgan fingerprint density at radius 2 is 1.93 bits per heavy atom. The summed E-state index contributed by atoms with van der Waals surface area (Å²) in [5.74, 6) is -1.13. The number of aromatic hydroxyl groups is 1. The zero-order chi connectivity index (χ0) is 19.9. The molecule has 28 heavy (non-hydrogen) atoms. The number of hydrogen-bond donors (Lipinski definition) is 2. The van der Waals surface area contributed by atoms with Crippen LogP contribution in [-0.2, 0) is 16.4 Å². The van der Waals surface area contributed by atoms with Crippen LogP contribution in [0.5, 0.6) is 5.75 Å². The number of hydrogen-bond acceptors (Lipinski definition) is 4. The lowest BCUT2D eigenvalue weighted by Crippen LogP contribution is -2.30. The first-order valence-electron chi connectivity index (χ1n) is 9.29. The van der Waals surface area contributed by atoms with Gasteiger partial charge in [-0.25, -0.2) is 12.8 Å². The zero-order valence-corrected chi connectivity index (χ0v) is 16.0. The quantitative estimate of drug-likeness (QED) is 0.820. The van der Waals surface area contributed by atoms with Crippen molar-refractivity contribution in [2.24, 2.45) is 0 Å². The van der Waals surface area contributed by atoms with Crippen molar-refractivity contribution in [2.45, 2.75) is 36.6 Å². The minimum atomic E-state index is -3.96. The van der Waals surface area contributed by atoms with Crippen molar-refractivity contribution in [3.05, 3.63) is 58.9 Å². The topological polar surface area (TPSA) is 86.7 Å². The Balaban J connectivity index is 1.59. The largest absolute Gasteiger partial charge is 0.508 e. The van der Waals surface area contributed by atoms with Crippen molar-refractivity contribution in [1.29, 1.82) is 0 Å². The fraction of sp³-hybridized carbons (Fsp3) is 0.350. The Bertz CT molecular complexity index is 1030. The maximum atomic E-state index is 14.3. The third kappa shape index (κ3) is 3.27. The first-order valence-corrected chi connectivity index (χ1v) is 10.7. The van der Waals surface area contributed by atoms with Crippen LogP contribution in [0.3, 0.4) is 0 Å². The van der Waals surface area contributed by atoms with Crippen LogP contribution in [-0.4, -0.2) is 36.8 Å². The molecule has 2 aromatic carbocycles. The minimum Gasteiger partial charge on any atom is -0.508 e. The van der Waals surface area contributed by atoms with Gasteiger partial charge < -0.3 is 10.4 Å². The van der Waals surface area contributed by atoms with E-state index >= 15 is 0 Å². The Kier molecular flexibility index (Phi) is 4.84. The highest BCUT2D eigenvalue weighted by Crippen LogP contribution is 2.36. The number of rotatable bonds is 4. The minimum absolute atomic E-state index is 0.0905. The van der Waals surface area contributed by atoms with Crippen LogP contribution in [0, 0.1) is 5.82 Å². The molecule has 1 saturated heterocycles. The van der Waals surface area contributed by atoms with Gasteiger partial charge in [0.1, 0.15) is 16.5 Å². The molecule has 1 aliphatic heterocycles. The molecule has 148 valence electrons. The van der Waals surface area contributed by atoms with Crippen LogP contribution in [0.25, 0.3) is 0 Å². The second-order valence-electron chi connectivity index (χ2n) is 7.17. The number of nitrogens with zero attached hydrogens (tertiary/aromatic N) is 1. The Labute approximate surface area is 163 Å². The van der Waals surface area contributed by atoms with Gasteiger partial charge in [-0.05, 0) is 61.1 Å². The molecule has 2 aliphatic rings. The van der Waals surface area contributed by atoms with E-state index in [0.29, 0.717) is 25.9 Å². The maximum absolute atomic E-state index is 14.3. The summed E-state index contributed by atoms with van der Waals surface area (Å²) < 4.78 is 40.9. The molecule has 0 radical (unpaired) electrons. The lowest BCUT2D eigenvalue weighted by molar-refractivity contribution is 0.0936. The van der Waals surface area contributed by atoms with Gasteiger partial charge >= 0.3 is 0 Å². The molecule has 2 aromatic rings. The predicted octanol–water partition coefficient (Wildman–Crippen LogP) is 2.73. The first kappa shape index (κ1) is 18.9. The number of sulfonamides is 1. The predicted molar refractivity (Wildman–Crippen MR) is 101 cm³/mol. The lowest BCUT2D eigenvalue weighted by atomic mass is 10.1. The van der Waals surface area contributed by atoms with Crippen LogP contribution in [0.15, 0.2) is 41.3 Å². The summed E-state index contributed by atoms with van der Waals surface area (Å²) in [5.41, 5.74) is 1.75. The number of carbonyl (C=O) groups excluding carboxylic acids is 1. The highest BCUT2D eigenvalue weighted by molar-refractivity contribution is 7.89. The lowest BCUT2D eigenvalue weighted by Gasteiger charge is -2.18. The highest BCUT2D eigenvalue weighted by atomic mass is 32.2. The van der Waals surface area contributed by atoms with E-state index in [1.54, 1.807) is 12.1 Å². The summed E-state index contributed by atoms with van der Waals surface area (Å²) >= 11 is 0. The molecule has 8 heteroatoms. The molecule has 0 spiro atoms. The second kappa shape index (κ2) is 7.18. The molecule has 1 amide bonds. The van der Waals surface area contributed by atoms with Crippen LogP contribution in [0.2, 0.25) is 0 Å². The van der Waals surface area contributed by atoms with Crippen molar-refractivity contribution in [3.63, 3.8) is 0 Å². The maximum Gasteiger partial charge on any atom is 0.251 e. The molecule has 1 aliphatic carbocycles. The van der Waals surface area contributed by atoms with Crippen LogP contribution in [0.4, 0.5) is 4.39 Å². The third-order valence-corrected chi connectivity index (χ3v) is 7.34. The van der Waals surface area contributed by atoms with Gasteiger partial charge in [0.05, 0.1) is 6.04 Å². The van der Waals surface area contributed by atoms with Gasteiger partial charge in [-0.15, -0.1) is 0 Å². The molecule has 0 aromatic heterocycles. The fourth-order valence-electron chi connectivity index (χ4n) is 3.94. The molecular weight excluding hydrogens is 383 g/mol. The fourth-order valence-corrected chi connectivity index (χ4v) is 5.54. The van der Waals surface area contributed by atoms with Crippen LogP contribution >= 0.6 is 0 Å². The molecule has 4 rings (SSSR count). The summed E-state index contributed by atoms with van der Waals surface area (Å²) in [4.78, 5) is 12.2. The third-order valence-electron chi connectivity index (χ3n) is 5.43. The number of phenolic OH excluding ortho intramolecular Hbond substituents is 1. The molecule has 0 bridgehead atoms. The van der Waals surface area contributed by atoms with Crippen LogP contribution < -0.4 is 5.32 Å². The SMILES string of the molecule is O=C(NC1CCc2c(O)cccc21)c1ccc(F)c(S(=O)(=O)N2CCCC2)c1. The van der Waals surface area contributed by atoms with Crippen molar-refractivity contribution in [1.82, 2.24) is 9.62 Å². The van der Waals surface area contributed by atoms with E-state index in [1.165, 1.54) is 10.4 Å². The van der Waals surface area contributed by atoms with Crippen LogP contribution in [0.1, 0.15) is 46.8 Å². The van der Waals surface area contributed by atoms with Gasteiger partial charge in [0, 0.05) is 18.7 Å². The standard InChI is InChI=1S/C20H21FN2O4S/c21-16-8-6-13(12-19(16)28(26,27)23-10-1-2-11-23)20(25)22-17-9-7-15-14(17)4-3-5-18(15)24/h3-6,8,12,17,24H,1-2,7,9-11H2,(H,22,25). The molecule has 0 saturated carbocycles.